The van der Waals surface area contributed by atoms with Gasteiger partial charge in [-0.05, 0) is 23.8 Å². The summed E-state index contributed by atoms with van der Waals surface area (Å²) in [6.07, 6.45) is 2.90. The quantitative estimate of drug-likeness (QED) is 0.629. The molecule has 1 aromatic rings. The highest BCUT2D eigenvalue weighted by Crippen LogP contribution is 2.04. The summed E-state index contributed by atoms with van der Waals surface area (Å²) in [6, 6.07) is 8.77. The number of hydrogen-bond donors (Lipinski definition) is 1. The minimum Gasteiger partial charge on any atom is -0.468 e. The van der Waals surface area contributed by atoms with Crippen LogP contribution in [0.25, 0.3) is 6.08 Å². The molecule has 5 heteroatoms. The number of benzene rings is 1. The topological polar surface area (TPSA) is 79.2 Å². The van der Waals surface area contributed by atoms with Crippen molar-refractivity contribution in [1.29, 1.82) is 5.26 Å². The van der Waals surface area contributed by atoms with Gasteiger partial charge in [-0.2, -0.15) is 5.26 Å². The van der Waals surface area contributed by atoms with Crippen LogP contribution in [0.5, 0.6) is 0 Å². The average molecular weight is 244 g/mol. The molecule has 0 saturated carbocycles. The van der Waals surface area contributed by atoms with Crippen molar-refractivity contribution >= 4 is 18.0 Å². The fourth-order valence-electron chi connectivity index (χ4n) is 1.13. The SMILES string of the molecule is COC(=O)CNC(=O)/C=C/c1ccc(C#N)cc1. The van der Waals surface area contributed by atoms with Gasteiger partial charge >= 0.3 is 5.97 Å². The van der Waals surface area contributed by atoms with Gasteiger partial charge in [0.1, 0.15) is 6.54 Å². The molecule has 1 N–H and O–H groups in total. The van der Waals surface area contributed by atoms with Gasteiger partial charge in [0.15, 0.2) is 0 Å². The van der Waals surface area contributed by atoms with Gasteiger partial charge in [-0.3, -0.25) is 9.59 Å². The summed E-state index contributed by atoms with van der Waals surface area (Å²) in [5.74, 6) is -0.889. The third-order valence-corrected chi connectivity index (χ3v) is 2.10. The van der Waals surface area contributed by atoms with Crippen molar-refractivity contribution in [1.82, 2.24) is 5.32 Å². The van der Waals surface area contributed by atoms with Crippen LogP contribution < -0.4 is 5.32 Å². The van der Waals surface area contributed by atoms with Gasteiger partial charge in [-0.1, -0.05) is 12.1 Å². The molecular weight excluding hydrogens is 232 g/mol. The molecule has 0 bridgehead atoms. The van der Waals surface area contributed by atoms with Crippen LogP contribution in [0.4, 0.5) is 0 Å². The Labute approximate surface area is 105 Å². The van der Waals surface area contributed by atoms with Crippen LogP contribution in [0.1, 0.15) is 11.1 Å². The van der Waals surface area contributed by atoms with Crippen molar-refractivity contribution in [3.63, 3.8) is 0 Å². The number of methoxy groups -OCH3 is 1. The molecule has 0 aliphatic heterocycles. The standard InChI is InChI=1S/C13H12N2O3/c1-18-13(17)9-15-12(16)7-6-10-2-4-11(8-14)5-3-10/h2-7H,9H2,1H3,(H,15,16)/b7-6+. The number of nitrogens with zero attached hydrogens (tertiary/aromatic N) is 1. The van der Waals surface area contributed by atoms with Crippen molar-refractivity contribution in [3.05, 3.63) is 41.5 Å². The Bertz CT molecular complexity index is 498. The van der Waals surface area contributed by atoms with Crippen molar-refractivity contribution in [3.8, 4) is 6.07 Å². The van der Waals surface area contributed by atoms with E-state index in [2.05, 4.69) is 10.1 Å². The van der Waals surface area contributed by atoms with E-state index < -0.39 is 5.97 Å². The number of nitriles is 1. The minimum atomic E-state index is -0.505. The molecule has 0 spiro atoms. The lowest BCUT2D eigenvalue weighted by atomic mass is 10.1. The second-order valence-corrected chi connectivity index (χ2v) is 3.36. The molecule has 0 saturated heterocycles. The van der Waals surface area contributed by atoms with Gasteiger partial charge in [-0.15, -0.1) is 0 Å². The number of amides is 1. The maximum Gasteiger partial charge on any atom is 0.325 e. The molecule has 0 unspecified atom stereocenters. The number of rotatable bonds is 4. The highest BCUT2D eigenvalue weighted by Gasteiger charge is 2.01. The number of esters is 1. The second-order valence-electron chi connectivity index (χ2n) is 3.36. The van der Waals surface area contributed by atoms with Crippen LogP contribution in [0.2, 0.25) is 0 Å². The smallest absolute Gasteiger partial charge is 0.325 e. The largest absolute Gasteiger partial charge is 0.468 e. The maximum absolute atomic E-state index is 11.3. The molecule has 92 valence electrons. The third kappa shape index (κ3) is 4.49. The summed E-state index contributed by atoms with van der Waals surface area (Å²) in [7, 11) is 1.25. The zero-order valence-corrected chi connectivity index (χ0v) is 9.84. The van der Waals surface area contributed by atoms with Crippen LogP contribution >= 0.6 is 0 Å². The van der Waals surface area contributed by atoms with Crippen LogP contribution in [0.15, 0.2) is 30.3 Å². The molecule has 1 rings (SSSR count). The molecule has 0 heterocycles. The Kier molecular flexibility index (Phi) is 5.13. The fourth-order valence-corrected chi connectivity index (χ4v) is 1.13. The third-order valence-electron chi connectivity index (χ3n) is 2.10. The van der Waals surface area contributed by atoms with Crippen molar-refractivity contribution in [2.24, 2.45) is 0 Å². The lowest BCUT2D eigenvalue weighted by Gasteiger charge is -1.99. The van der Waals surface area contributed by atoms with E-state index in [1.54, 1.807) is 30.3 Å². The highest BCUT2D eigenvalue weighted by atomic mass is 16.5. The normalized spacial score (nSPS) is 9.78. The first-order valence-electron chi connectivity index (χ1n) is 5.18. The van der Waals surface area contributed by atoms with Gasteiger partial charge in [0.25, 0.3) is 0 Å². The first kappa shape index (κ1) is 13.5. The summed E-state index contributed by atoms with van der Waals surface area (Å²) >= 11 is 0. The number of hydrogen-bond acceptors (Lipinski definition) is 4. The van der Waals surface area contributed by atoms with E-state index in [1.165, 1.54) is 13.2 Å². The Morgan fingerprint density at radius 1 is 1.39 bits per heavy atom. The summed E-state index contributed by atoms with van der Waals surface area (Å²) in [6.45, 7) is -0.160. The Morgan fingerprint density at radius 3 is 2.61 bits per heavy atom. The zero-order chi connectivity index (χ0) is 13.4. The predicted molar refractivity (Wildman–Crippen MR) is 65.2 cm³/mol. The number of carbonyl (C=O) groups excluding carboxylic acids is 2. The summed E-state index contributed by atoms with van der Waals surface area (Å²) in [5.41, 5.74) is 1.35. The van der Waals surface area contributed by atoms with Gasteiger partial charge < -0.3 is 10.1 Å². The Hall–Kier alpha value is -2.61. The van der Waals surface area contributed by atoms with E-state index in [-0.39, 0.29) is 12.5 Å². The molecule has 18 heavy (non-hydrogen) atoms. The highest BCUT2D eigenvalue weighted by molar-refractivity contribution is 5.93. The molecule has 0 aliphatic rings. The van der Waals surface area contributed by atoms with Gasteiger partial charge in [0.2, 0.25) is 5.91 Å². The molecule has 0 aromatic heterocycles. The van der Waals surface area contributed by atoms with E-state index >= 15 is 0 Å². The van der Waals surface area contributed by atoms with E-state index in [4.69, 9.17) is 5.26 Å². The lowest BCUT2D eigenvalue weighted by molar-refractivity contribution is -0.140. The van der Waals surface area contributed by atoms with Crippen LogP contribution in [-0.4, -0.2) is 25.5 Å². The van der Waals surface area contributed by atoms with Gasteiger partial charge in [0, 0.05) is 6.08 Å². The first-order chi connectivity index (χ1) is 8.65. The Morgan fingerprint density at radius 2 is 2.06 bits per heavy atom. The van der Waals surface area contributed by atoms with E-state index in [0.29, 0.717) is 5.56 Å². The molecule has 5 nitrogen and oxygen atoms in total. The monoisotopic (exact) mass is 244 g/mol. The molecule has 0 radical (unpaired) electrons. The molecule has 0 fully saturated rings. The summed E-state index contributed by atoms with van der Waals surface area (Å²) < 4.78 is 4.38. The first-order valence-corrected chi connectivity index (χ1v) is 5.18. The molecular formula is C13H12N2O3. The van der Waals surface area contributed by atoms with Crippen molar-refractivity contribution < 1.29 is 14.3 Å². The van der Waals surface area contributed by atoms with E-state index in [1.807, 2.05) is 6.07 Å². The number of ether oxygens (including phenoxy) is 1. The zero-order valence-electron chi connectivity index (χ0n) is 9.84. The van der Waals surface area contributed by atoms with Crippen molar-refractivity contribution in [2.45, 2.75) is 0 Å². The molecule has 1 aromatic carbocycles. The van der Waals surface area contributed by atoms with Gasteiger partial charge in [-0.25, -0.2) is 0 Å². The van der Waals surface area contributed by atoms with Crippen LogP contribution in [0, 0.1) is 11.3 Å². The fraction of sp³-hybridized carbons (Fsp3) is 0.154. The second kappa shape index (κ2) is 6.86. The minimum absolute atomic E-state index is 0.160. The van der Waals surface area contributed by atoms with Crippen LogP contribution in [0.3, 0.4) is 0 Å². The van der Waals surface area contributed by atoms with E-state index in [0.717, 1.165) is 5.56 Å². The summed E-state index contributed by atoms with van der Waals surface area (Å²) in [4.78, 5) is 22.1. The average Bonchev–Trinajstić information content (AvgIpc) is 2.42. The van der Waals surface area contributed by atoms with E-state index in [9.17, 15) is 9.59 Å². The van der Waals surface area contributed by atoms with Crippen LogP contribution in [-0.2, 0) is 14.3 Å². The molecule has 0 atom stereocenters. The van der Waals surface area contributed by atoms with Crippen molar-refractivity contribution in [2.75, 3.05) is 13.7 Å². The molecule has 1 amide bonds. The summed E-state index contributed by atoms with van der Waals surface area (Å²) in [5, 5.41) is 11.0. The maximum atomic E-state index is 11.3. The molecule has 0 aliphatic carbocycles. The number of carbonyl (C=O) groups is 2. The number of nitrogens with one attached hydrogen (secondary N) is 1. The van der Waals surface area contributed by atoms with Gasteiger partial charge in [0.05, 0.1) is 18.7 Å². The predicted octanol–water partition coefficient (Wildman–Crippen LogP) is 0.861. The lowest BCUT2D eigenvalue weighted by Crippen LogP contribution is -2.28. The Balaban J connectivity index is 2.50.